The second-order valence-electron chi connectivity index (χ2n) is 4.11. The lowest BCUT2D eigenvalue weighted by Gasteiger charge is -2.17. The topological polar surface area (TPSA) is 45.4 Å². The fourth-order valence-corrected chi connectivity index (χ4v) is 2.10. The molecule has 3 rings (SSSR count). The van der Waals surface area contributed by atoms with Crippen LogP contribution in [0.2, 0.25) is 0 Å². The van der Waals surface area contributed by atoms with Gasteiger partial charge in [-0.15, -0.1) is 0 Å². The molecule has 0 aliphatic carbocycles. The lowest BCUT2D eigenvalue weighted by Crippen LogP contribution is -2.27. The van der Waals surface area contributed by atoms with Crippen molar-refractivity contribution in [3.63, 3.8) is 0 Å². The van der Waals surface area contributed by atoms with Crippen LogP contribution >= 0.6 is 0 Å². The van der Waals surface area contributed by atoms with Crippen molar-refractivity contribution < 1.29 is 9.52 Å². The lowest BCUT2D eigenvalue weighted by atomic mass is 10.00. The molecule has 1 atom stereocenters. The van der Waals surface area contributed by atoms with Gasteiger partial charge >= 0.3 is 0 Å². The van der Waals surface area contributed by atoms with Crippen molar-refractivity contribution >= 4 is 11.0 Å². The van der Waals surface area contributed by atoms with E-state index in [1.165, 1.54) is 0 Å². The van der Waals surface area contributed by atoms with Gasteiger partial charge in [0, 0.05) is 11.9 Å². The summed E-state index contributed by atoms with van der Waals surface area (Å²) in [5.41, 5.74) is 0.0202. The van der Waals surface area contributed by atoms with Crippen molar-refractivity contribution in [2.24, 2.45) is 0 Å². The van der Waals surface area contributed by atoms with E-state index in [1.54, 1.807) is 0 Å². The van der Waals surface area contributed by atoms with Gasteiger partial charge in [-0.2, -0.15) is 0 Å². The first kappa shape index (κ1) is 8.95. The standard InChI is InChI=1S/C12H13NO2/c14-12(5-6-13-8-12)11-7-9-3-1-2-4-10(9)15-11/h1-4,7,13-14H,5-6,8H2. The number of β-amino-alcohol motifs (C(OH)–C–C–N with tert-alkyl or cyclic N) is 1. The third-order valence-corrected chi connectivity index (χ3v) is 3.02. The molecule has 0 amide bonds. The van der Waals surface area contributed by atoms with Crippen molar-refractivity contribution in [3.05, 3.63) is 36.1 Å². The van der Waals surface area contributed by atoms with Crippen LogP contribution in [0.25, 0.3) is 11.0 Å². The summed E-state index contributed by atoms with van der Waals surface area (Å²) in [4.78, 5) is 0. The van der Waals surface area contributed by atoms with Gasteiger partial charge in [0.2, 0.25) is 0 Å². The van der Waals surface area contributed by atoms with E-state index < -0.39 is 5.60 Å². The number of nitrogens with one attached hydrogen (secondary N) is 1. The third-order valence-electron chi connectivity index (χ3n) is 3.02. The normalized spacial score (nSPS) is 26.2. The smallest absolute Gasteiger partial charge is 0.138 e. The number of benzene rings is 1. The Hall–Kier alpha value is -1.32. The van der Waals surface area contributed by atoms with Gasteiger partial charge in [-0.1, -0.05) is 18.2 Å². The molecule has 0 radical (unpaired) electrons. The maximum absolute atomic E-state index is 10.3. The van der Waals surface area contributed by atoms with E-state index in [-0.39, 0.29) is 0 Å². The van der Waals surface area contributed by atoms with Crippen LogP contribution in [0.3, 0.4) is 0 Å². The molecule has 3 nitrogen and oxygen atoms in total. The van der Waals surface area contributed by atoms with Crippen LogP contribution in [0, 0.1) is 0 Å². The number of rotatable bonds is 1. The minimum atomic E-state index is -0.820. The highest BCUT2D eigenvalue weighted by molar-refractivity contribution is 5.77. The van der Waals surface area contributed by atoms with Crippen LogP contribution < -0.4 is 5.32 Å². The van der Waals surface area contributed by atoms with E-state index in [2.05, 4.69) is 5.32 Å². The highest BCUT2D eigenvalue weighted by Gasteiger charge is 2.36. The molecule has 1 aliphatic heterocycles. The Morgan fingerprint density at radius 2 is 2.20 bits per heavy atom. The Kier molecular flexibility index (Phi) is 1.84. The van der Waals surface area contributed by atoms with Crippen LogP contribution in [0.5, 0.6) is 0 Å². The van der Waals surface area contributed by atoms with Crippen molar-refractivity contribution in [2.45, 2.75) is 12.0 Å². The van der Waals surface area contributed by atoms with E-state index in [9.17, 15) is 5.11 Å². The molecule has 1 unspecified atom stereocenters. The molecule has 2 N–H and O–H groups in total. The van der Waals surface area contributed by atoms with E-state index in [4.69, 9.17) is 4.42 Å². The Labute approximate surface area is 87.7 Å². The molecule has 1 fully saturated rings. The molecule has 1 aromatic heterocycles. The van der Waals surface area contributed by atoms with Crippen LogP contribution in [-0.2, 0) is 5.60 Å². The van der Waals surface area contributed by atoms with Gasteiger partial charge in [0.05, 0.1) is 0 Å². The van der Waals surface area contributed by atoms with Gasteiger partial charge in [0.25, 0.3) is 0 Å². The molecule has 78 valence electrons. The SMILES string of the molecule is OC1(c2cc3ccccc3o2)CCNC1. The van der Waals surface area contributed by atoms with E-state index in [0.717, 1.165) is 17.5 Å². The first-order chi connectivity index (χ1) is 7.28. The minimum absolute atomic E-state index is 0.576. The number of aliphatic hydroxyl groups is 1. The van der Waals surface area contributed by atoms with Crippen molar-refractivity contribution in [3.8, 4) is 0 Å². The van der Waals surface area contributed by atoms with Crippen LogP contribution in [0.1, 0.15) is 12.2 Å². The molecule has 15 heavy (non-hydrogen) atoms. The summed E-state index contributed by atoms with van der Waals surface area (Å²) in [5.74, 6) is 0.675. The lowest BCUT2D eigenvalue weighted by molar-refractivity contribution is 0.0371. The second-order valence-corrected chi connectivity index (χ2v) is 4.11. The summed E-state index contributed by atoms with van der Waals surface area (Å²) >= 11 is 0. The maximum atomic E-state index is 10.3. The molecule has 1 aromatic carbocycles. The van der Waals surface area contributed by atoms with Crippen LogP contribution in [-0.4, -0.2) is 18.2 Å². The fraction of sp³-hybridized carbons (Fsp3) is 0.333. The maximum Gasteiger partial charge on any atom is 0.138 e. The van der Waals surface area contributed by atoms with Gasteiger partial charge in [-0.25, -0.2) is 0 Å². The number of hydrogen-bond acceptors (Lipinski definition) is 3. The summed E-state index contributed by atoms with van der Waals surface area (Å²) in [5, 5.41) is 14.5. The second kappa shape index (κ2) is 3.08. The van der Waals surface area contributed by atoms with Crippen molar-refractivity contribution in [2.75, 3.05) is 13.1 Å². The molecule has 3 heteroatoms. The molecule has 2 heterocycles. The molecular formula is C12H13NO2. The van der Waals surface area contributed by atoms with Crippen LogP contribution in [0.4, 0.5) is 0 Å². The molecule has 2 aromatic rings. The van der Waals surface area contributed by atoms with Gasteiger partial charge in [-0.3, -0.25) is 0 Å². The molecule has 1 saturated heterocycles. The van der Waals surface area contributed by atoms with Crippen LogP contribution in [0.15, 0.2) is 34.7 Å². The molecule has 0 spiro atoms. The highest BCUT2D eigenvalue weighted by Crippen LogP contribution is 2.32. The quantitative estimate of drug-likeness (QED) is 0.740. The van der Waals surface area contributed by atoms with Gasteiger partial charge in [0.15, 0.2) is 0 Å². The Balaban J connectivity index is 2.11. The van der Waals surface area contributed by atoms with Gasteiger partial charge < -0.3 is 14.8 Å². The fourth-order valence-electron chi connectivity index (χ4n) is 2.10. The third kappa shape index (κ3) is 1.35. The summed E-state index contributed by atoms with van der Waals surface area (Å²) < 4.78 is 5.66. The molecule has 0 bridgehead atoms. The first-order valence-corrected chi connectivity index (χ1v) is 5.20. The molecular weight excluding hydrogens is 190 g/mol. The first-order valence-electron chi connectivity index (χ1n) is 5.20. The zero-order valence-electron chi connectivity index (χ0n) is 8.36. The molecule has 0 saturated carbocycles. The summed E-state index contributed by atoms with van der Waals surface area (Å²) in [6.45, 7) is 1.42. The number of hydrogen-bond donors (Lipinski definition) is 2. The average Bonchev–Trinajstić information content (AvgIpc) is 2.84. The van der Waals surface area contributed by atoms with Gasteiger partial charge in [-0.05, 0) is 25.1 Å². The Bertz CT molecular complexity index is 450. The minimum Gasteiger partial charge on any atom is -0.458 e. The van der Waals surface area contributed by atoms with Crippen molar-refractivity contribution in [1.29, 1.82) is 0 Å². The Morgan fingerprint density at radius 3 is 2.93 bits per heavy atom. The highest BCUT2D eigenvalue weighted by atomic mass is 16.4. The van der Waals surface area contributed by atoms with Crippen molar-refractivity contribution in [1.82, 2.24) is 5.32 Å². The van der Waals surface area contributed by atoms with Gasteiger partial charge in [0.1, 0.15) is 16.9 Å². The largest absolute Gasteiger partial charge is 0.458 e. The number of para-hydroxylation sites is 1. The summed E-state index contributed by atoms with van der Waals surface area (Å²) in [7, 11) is 0. The predicted molar refractivity (Wildman–Crippen MR) is 57.6 cm³/mol. The zero-order valence-corrected chi connectivity index (χ0v) is 8.36. The van der Waals surface area contributed by atoms with E-state index in [0.29, 0.717) is 18.7 Å². The zero-order chi connectivity index (χ0) is 10.3. The average molecular weight is 203 g/mol. The predicted octanol–water partition coefficient (Wildman–Crippen LogP) is 1.61. The van der Waals surface area contributed by atoms with E-state index in [1.807, 2.05) is 30.3 Å². The summed E-state index contributed by atoms with van der Waals surface area (Å²) in [6, 6.07) is 9.76. The summed E-state index contributed by atoms with van der Waals surface area (Å²) in [6.07, 6.45) is 0.715. The molecule has 1 aliphatic rings. The Morgan fingerprint density at radius 1 is 1.33 bits per heavy atom. The van der Waals surface area contributed by atoms with E-state index >= 15 is 0 Å². The monoisotopic (exact) mass is 203 g/mol. The number of furan rings is 1. The number of fused-ring (bicyclic) bond motifs is 1.